The number of hydrogen-bond donors (Lipinski definition) is 1. The number of anilines is 1. The minimum absolute atomic E-state index is 0.351. The van der Waals surface area contributed by atoms with E-state index in [-0.39, 0.29) is 0 Å². The van der Waals surface area contributed by atoms with Crippen LogP contribution in [0.4, 0.5) is 5.82 Å². The van der Waals surface area contributed by atoms with Crippen LogP contribution >= 0.6 is 0 Å². The molecule has 4 heteroatoms. The van der Waals surface area contributed by atoms with Gasteiger partial charge in [0, 0.05) is 19.0 Å². The molecule has 0 aliphatic heterocycles. The van der Waals surface area contributed by atoms with Crippen LogP contribution in [0.15, 0.2) is 6.07 Å². The third-order valence-corrected chi connectivity index (χ3v) is 3.17. The summed E-state index contributed by atoms with van der Waals surface area (Å²) in [5.41, 5.74) is 0. The number of hydrogen-bond acceptors (Lipinski definition) is 4. The van der Waals surface area contributed by atoms with Crippen LogP contribution in [-0.2, 0) is 6.42 Å². The largest absolute Gasteiger partial charge is 0.474 e. The Morgan fingerprint density at radius 2 is 2.06 bits per heavy atom. The number of ether oxygens (including phenoxy) is 1. The smallest absolute Gasteiger partial charge is 0.218 e. The Labute approximate surface area is 109 Å². The van der Waals surface area contributed by atoms with Crippen molar-refractivity contribution in [1.82, 2.24) is 9.97 Å². The molecule has 0 bridgehead atoms. The van der Waals surface area contributed by atoms with Crippen LogP contribution in [0.2, 0.25) is 0 Å². The molecule has 0 atom stereocenters. The predicted octanol–water partition coefficient (Wildman–Crippen LogP) is 3.18. The quantitative estimate of drug-likeness (QED) is 0.841. The highest BCUT2D eigenvalue weighted by atomic mass is 16.5. The second-order valence-corrected chi connectivity index (χ2v) is 4.81. The zero-order valence-electron chi connectivity index (χ0n) is 11.4. The molecule has 1 fully saturated rings. The van der Waals surface area contributed by atoms with Gasteiger partial charge in [-0.05, 0) is 39.0 Å². The van der Waals surface area contributed by atoms with Crippen LogP contribution in [0.1, 0.15) is 51.8 Å². The number of aryl methyl sites for hydroxylation is 1. The predicted molar refractivity (Wildman–Crippen MR) is 73.1 cm³/mol. The van der Waals surface area contributed by atoms with E-state index in [1.54, 1.807) is 0 Å². The lowest BCUT2D eigenvalue weighted by atomic mass is 10.3. The van der Waals surface area contributed by atoms with Crippen LogP contribution in [-0.4, -0.2) is 22.6 Å². The molecule has 0 amide bonds. The van der Waals surface area contributed by atoms with E-state index in [2.05, 4.69) is 29.1 Å². The van der Waals surface area contributed by atoms with Gasteiger partial charge in [-0.1, -0.05) is 6.92 Å². The molecule has 1 heterocycles. The second kappa shape index (κ2) is 6.57. The van der Waals surface area contributed by atoms with Gasteiger partial charge in [0.15, 0.2) is 0 Å². The number of aromatic nitrogens is 2. The molecule has 1 saturated carbocycles. The molecule has 0 radical (unpaired) electrons. The molecule has 0 spiro atoms. The van der Waals surface area contributed by atoms with Crippen molar-refractivity contribution < 1.29 is 4.74 Å². The topological polar surface area (TPSA) is 47.0 Å². The van der Waals surface area contributed by atoms with Gasteiger partial charge < -0.3 is 10.1 Å². The zero-order valence-corrected chi connectivity index (χ0v) is 11.4. The molecule has 4 nitrogen and oxygen atoms in total. The standard InChI is InChI=1S/C14H23N3O/c1-3-7-12-16-13(15-4-2)10-14(17-12)18-11-8-5-6-9-11/h10-11H,3-9H2,1-2H3,(H,15,16,17). The molecular weight excluding hydrogens is 226 g/mol. The van der Waals surface area contributed by atoms with Crippen molar-refractivity contribution in [1.29, 1.82) is 0 Å². The fourth-order valence-corrected chi connectivity index (χ4v) is 2.32. The summed E-state index contributed by atoms with van der Waals surface area (Å²) in [4.78, 5) is 8.98. The Hall–Kier alpha value is -1.32. The van der Waals surface area contributed by atoms with Crippen molar-refractivity contribution in [2.45, 2.75) is 58.5 Å². The molecule has 1 aromatic rings. The Morgan fingerprint density at radius 3 is 2.72 bits per heavy atom. The van der Waals surface area contributed by atoms with Crippen molar-refractivity contribution in [3.63, 3.8) is 0 Å². The number of rotatable bonds is 6. The van der Waals surface area contributed by atoms with Crippen LogP contribution in [0.25, 0.3) is 0 Å². The molecule has 18 heavy (non-hydrogen) atoms. The molecule has 1 aliphatic rings. The molecule has 0 aromatic carbocycles. The Kier molecular flexibility index (Phi) is 4.79. The van der Waals surface area contributed by atoms with Crippen molar-refractivity contribution in [3.8, 4) is 5.88 Å². The monoisotopic (exact) mass is 249 g/mol. The van der Waals surface area contributed by atoms with E-state index in [0.717, 1.165) is 49.8 Å². The molecule has 1 aromatic heterocycles. The van der Waals surface area contributed by atoms with Gasteiger partial charge in [-0.3, -0.25) is 0 Å². The van der Waals surface area contributed by atoms with Crippen molar-refractivity contribution >= 4 is 5.82 Å². The van der Waals surface area contributed by atoms with Gasteiger partial charge in [-0.15, -0.1) is 0 Å². The maximum atomic E-state index is 5.96. The summed E-state index contributed by atoms with van der Waals surface area (Å²) in [5, 5.41) is 3.24. The number of nitrogens with zero attached hydrogens (tertiary/aromatic N) is 2. The van der Waals surface area contributed by atoms with E-state index >= 15 is 0 Å². The van der Waals surface area contributed by atoms with Crippen LogP contribution in [0, 0.1) is 0 Å². The molecule has 0 saturated heterocycles. The normalized spacial score (nSPS) is 15.9. The average Bonchev–Trinajstić information content (AvgIpc) is 2.82. The van der Waals surface area contributed by atoms with Gasteiger partial charge in [-0.2, -0.15) is 4.98 Å². The van der Waals surface area contributed by atoms with Crippen LogP contribution in [0.5, 0.6) is 5.88 Å². The Morgan fingerprint density at radius 1 is 1.28 bits per heavy atom. The highest BCUT2D eigenvalue weighted by Crippen LogP contribution is 2.24. The van der Waals surface area contributed by atoms with Gasteiger partial charge in [0.05, 0.1) is 0 Å². The fourth-order valence-electron chi connectivity index (χ4n) is 2.32. The van der Waals surface area contributed by atoms with E-state index in [9.17, 15) is 0 Å². The first kappa shape index (κ1) is 13.1. The minimum Gasteiger partial charge on any atom is -0.474 e. The van der Waals surface area contributed by atoms with Crippen molar-refractivity contribution in [2.24, 2.45) is 0 Å². The number of nitrogens with one attached hydrogen (secondary N) is 1. The lowest BCUT2D eigenvalue weighted by Crippen LogP contribution is -2.13. The average molecular weight is 249 g/mol. The molecule has 0 unspecified atom stereocenters. The molecular formula is C14H23N3O. The fraction of sp³-hybridized carbons (Fsp3) is 0.714. The molecule has 1 N–H and O–H groups in total. The third-order valence-electron chi connectivity index (χ3n) is 3.17. The summed E-state index contributed by atoms with van der Waals surface area (Å²) in [6, 6.07) is 1.92. The summed E-state index contributed by atoms with van der Waals surface area (Å²) in [5.74, 6) is 2.49. The Balaban J connectivity index is 2.10. The van der Waals surface area contributed by atoms with Gasteiger partial charge in [-0.25, -0.2) is 4.98 Å². The zero-order chi connectivity index (χ0) is 12.8. The third kappa shape index (κ3) is 3.59. The lowest BCUT2D eigenvalue weighted by Gasteiger charge is -2.14. The highest BCUT2D eigenvalue weighted by Gasteiger charge is 2.17. The molecule has 2 rings (SSSR count). The van der Waals surface area contributed by atoms with E-state index in [4.69, 9.17) is 4.74 Å². The van der Waals surface area contributed by atoms with Crippen LogP contribution < -0.4 is 10.1 Å². The second-order valence-electron chi connectivity index (χ2n) is 4.81. The first-order valence-corrected chi connectivity index (χ1v) is 7.10. The summed E-state index contributed by atoms with van der Waals surface area (Å²) in [7, 11) is 0. The van der Waals surface area contributed by atoms with Gasteiger partial charge in [0.2, 0.25) is 5.88 Å². The maximum Gasteiger partial charge on any atom is 0.218 e. The van der Waals surface area contributed by atoms with E-state index in [1.807, 2.05) is 6.07 Å². The summed E-state index contributed by atoms with van der Waals surface area (Å²) >= 11 is 0. The van der Waals surface area contributed by atoms with Crippen molar-refractivity contribution in [2.75, 3.05) is 11.9 Å². The van der Waals surface area contributed by atoms with Crippen molar-refractivity contribution in [3.05, 3.63) is 11.9 Å². The van der Waals surface area contributed by atoms with E-state index in [0.29, 0.717) is 6.10 Å². The summed E-state index contributed by atoms with van der Waals surface area (Å²) < 4.78 is 5.96. The summed E-state index contributed by atoms with van der Waals surface area (Å²) in [6.07, 6.45) is 7.17. The van der Waals surface area contributed by atoms with Gasteiger partial charge in [0.25, 0.3) is 0 Å². The first-order valence-electron chi connectivity index (χ1n) is 7.10. The first-order chi connectivity index (χ1) is 8.81. The van der Waals surface area contributed by atoms with E-state index in [1.165, 1.54) is 12.8 Å². The minimum atomic E-state index is 0.351. The van der Waals surface area contributed by atoms with Gasteiger partial charge in [0.1, 0.15) is 17.7 Å². The maximum absolute atomic E-state index is 5.96. The highest BCUT2D eigenvalue weighted by molar-refractivity contribution is 5.38. The molecule has 100 valence electrons. The van der Waals surface area contributed by atoms with Gasteiger partial charge >= 0.3 is 0 Å². The lowest BCUT2D eigenvalue weighted by molar-refractivity contribution is 0.200. The Bertz CT molecular complexity index is 351. The van der Waals surface area contributed by atoms with E-state index < -0.39 is 0 Å². The molecule has 1 aliphatic carbocycles. The van der Waals surface area contributed by atoms with Crippen LogP contribution in [0.3, 0.4) is 0 Å². The summed E-state index contributed by atoms with van der Waals surface area (Å²) in [6.45, 7) is 5.07. The SMILES string of the molecule is CCCc1nc(NCC)cc(OC2CCCC2)n1.